The Balaban J connectivity index is 1.48. The summed E-state index contributed by atoms with van der Waals surface area (Å²) >= 11 is 0. The molecule has 2 fully saturated rings. The molecule has 3 heterocycles. The van der Waals surface area contributed by atoms with E-state index in [9.17, 15) is 24.4 Å². The Kier molecular flexibility index (Phi) is 8.76. The predicted molar refractivity (Wildman–Crippen MR) is 160 cm³/mol. The molecule has 2 aliphatic rings. The molecule has 0 radical (unpaired) electrons. The predicted octanol–water partition coefficient (Wildman–Crippen LogP) is 3.46. The van der Waals surface area contributed by atoms with Gasteiger partial charge < -0.3 is 30.6 Å². The van der Waals surface area contributed by atoms with Crippen LogP contribution in [0, 0.1) is 18.3 Å². The number of nitrogens with one attached hydrogen (secondary N) is 2. The van der Waals surface area contributed by atoms with Gasteiger partial charge in [-0.1, -0.05) is 12.1 Å². The molecule has 11 nitrogen and oxygen atoms in total. The lowest BCUT2D eigenvalue weighted by molar-refractivity contribution is -0.140. The van der Waals surface area contributed by atoms with Crippen molar-refractivity contribution in [2.24, 2.45) is 5.73 Å². The zero-order chi connectivity index (χ0) is 30.5. The number of carbonyl (C=O) groups is 4. The summed E-state index contributed by atoms with van der Waals surface area (Å²) in [5.74, 6) is -0.927. The van der Waals surface area contributed by atoms with Gasteiger partial charge in [-0.3, -0.25) is 19.2 Å². The number of nitriles is 1. The summed E-state index contributed by atoms with van der Waals surface area (Å²) in [6, 6.07) is 14.2. The maximum Gasteiger partial charge on any atom is 0.248 e. The number of fused-ring (bicyclic) bond motifs is 1. The first kappa shape index (κ1) is 29.4. The fraction of sp³-hybridized carbons (Fsp3) is 0.344. The van der Waals surface area contributed by atoms with Crippen LogP contribution in [0.4, 0.5) is 5.69 Å². The SMILES string of the molecule is Cc1cc2cc(NC(N[C@H]3CCCCN(CC(=O)N4CCCC4)C3=O)=C(C#N)C(=O)c3cccc(C(N)=O)c3)ccc2o1. The number of hydrogen-bond donors (Lipinski definition) is 3. The summed E-state index contributed by atoms with van der Waals surface area (Å²) in [7, 11) is 0. The molecule has 5 rings (SSSR count). The van der Waals surface area contributed by atoms with Gasteiger partial charge in [0.05, 0.1) is 6.54 Å². The molecule has 3 amide bonds. The van der Waals surface area contributed by atoms with E-state index >= 15 is 0 Å². The Labute approximate surface area is 249 Å². The molecule has 2 aliphatic heterocycles. The summed E-state index contributed by atoms with van der Waals surface area (Å²) < 4.78 is 5.67. The van der Waals surface area contributed by atoms with Crippen LogP contribution in [-0.2, 0) is 9.59 Å². The third-order valence-corrected chi connectivity index (χ3v) is 7.79. The molecule has 0 bridgehead atoms. The number of furan rings is 1. The molecule has 0 unspecified atom stereocenters. The van der Waals surface area contributed by atoms with Crippen LogP contribution in [0.2, 0.25) is 0 Å². The van der Waals surface area contributed by atoms with E-state index in [0.717, 1.165) is 30.4 Å². The zero-order valence-corrected chi connectivity index (χ0v) is 24.0. The van der Waals surface area contributed by atoms with Crippen molar-refractivity contribution in [2.75, 3.05) is 31.5 Å². The van der Waals surface area contributed by atoms with E-state index in [-0.39, 0.29) is 40.9 Å². The van der Waals surface area contributed by atoms with E-state index in [0.29, 0.717) is 43.7 Å². The van der Waals surface area contributed by atoms with Crippen molar-refractivity contribution in [3.8, 4) is 6.07 Å². The van der Waals surface area contributed by atoms with Crippen molar-refractivity contribution in [3.05, 3.63) is 76.8 Å². The maximum atomic E-state index is 13.7. The van der Waals surface area contributed by atoms with Crippen molar-refractivity contribution < 1.29 is 23.6 Å². The molecule has 0 spiro atoms. The molecule has 1 aromatic heterocycles. The van der Waals surface area contributed by atoms with Gasteiger partial charge >= 0.3 is 0 Å². The van der Waals surface area contributed by atoms with Gasteiger partial charge in [-0.05, 0) is 75.4 Å². The second-order valence-corrected chi connectivity index (χ2v) is 10.9. The molecular weight excluding hydrogens is 548 g/mol. The van der Waals surface area contributed by atoms with E-state index in [2.05, 4.69) is 10.6 Å². The van der Waals surface area contributed by atoms with Gasteiger partial charge in [0.2, 0.25) is 23.5 Å². The van der Waals surface area contributed by atoms with E-state index < -0.39 is 17.7 Å². The first-order valence-corrected chi connectivity index (χ1v) is 14.4. The molecule has 0 aliphatic carbocycles. The fourth-order valence-electron chi connectivity index (χ4n) is 5.55. The van der Waals surface area contributed by atoms with Gasteiger partial charge in [-0.25, -0.2) is 0 Å². The van der Waals surface area contributed by atoms with Crippen LogP contribution in [0.15, 0.2) is 64.3 Å². The van der Waals surface area contributed by atoms with E-state index in [1.165, 1.54) is 24.3 Å². The van der Waals surface area contributed by atoms with Gasteiger partial charge in [0, 0.05) is 41.8 Å². The number of nitrogens with zero attached hydrogens (tertiary/aromatic N) is 3. The maximum absolute atomic E-state index is 13.7. The second-order valence-electron chi connectivity index (χ2n) is 10.9. The highest BCUT2D eigenvalue weighted by atomic mass is 16.3. The monoisotopic (exact) mass is 582 g/mol. The smallest absolute Gasteiger partial charge is 0.248 e. The molecular formula is C32H34N6O5. The Morgan fingerprint density at radius 2 is 1.77 bits per heavy atom. The number of anilines is 1. The topological polar surface area (TPSA) is 162 Å². The minimum absolute atomic E-state index is 0.00998. The number of hydrogen-bond acceptors (Lipinski definition) is 8. The normalized spacial score (nSPS) is 17.7. The molecule has 11 heteroatoms. The lowest BCUT2D eigenvalue weighted by Crippen LogP contribution is -2.49. The van der Waals surface area contributed by atoms with E-state index in [1.807, 2.05) is 25.1 Å². The lowest BCUT2D eigenvalue weighted by Gasteiger charge is -2.28. The average Bonchev–Trinajstić information content (AvgIpc) is 3.63. The van der Waals surface area contributed by atoms with Crippen LogP contribution in [0.25, 0.3) is 11.0 Å². The van der Waals surface area contributed by atoms with Crippen molar-refractivity contribution in [1.29, 1.82) is 5.26 Å². The molecule has 1 atom stereocenters. The highest BCUT2D eigenvalue weighted by Gasteiger charge is 2.32. The summed E-state index contributed by atoms with van der Waals surface area (Å²) in [6.07, 6.45) is 3.80. The van der Waals surface area contributed by atoms with Crippen LogP contribution >= 0.6 is 0 Å². The molecule has 0 saturated carbocycles. The number of ketones is 1. The van der Waals surface area contributed by atoms with Crippen molar-refractivity contribution in [2.45, 2.75) is 45.1 Å². The zero-order valence-electron chi connectivity index (χ0n) is 24.0. The fourth-order valence-corrected chi connectivity index (χ4v) is 5.55. The number of primary amides is 1. The summed E-state index contributed by atoms with van der Waals surface area (Å²) in [5, 5.41) is 17.4. The quantitative estimate of drug-likeness (QED) is 0.196. The standard InChI is InChI=1S/C32H34N6O5/c1-20-15-23-17-24(10-11-27(23)43-20)35-31(25(18-33)29(40)21-7-6-8-22(16-21)30(34)41)36-26-9-2-3-14-38(32(26)42)19-28(39)37-12-4-5-13-37/h6-8,10-11,15-17,26,35-36H,2-5,9,12-14,19H2,1H3,(H2,34,41)/t26-/m0/s1. The largest absolute Gasteiger partial charge is 0.461 e. The Hall–Kier alpha value is -5.11. The number of amides is 3. The number of nitrogens with two attached hydrogens (primary N) is 1. The third-order valence-electron chi connectivity index (χ3n) is 7.79. The molecule has 2 saturated heterocycles. The van der Waals surface area contributed by atoms with Crippen molar-refractivity contribution in [1.82, 2.24) is 15.1 Å². The number of allylic oxidation sites excluding steroid dienone is 1. The van der Waals surface area contributed by atoms with Gasteiger partial charge in [-0.15, -0.1) is 0 Å². The third kappa shape index (κ3) is 6.70. The van der Waals surface area contributed by atoms with Crippen molar-refractivity contribution >= 4 is 40.2 Å². The van der Waals surface area contributed by atoms with E-state index in [1.54, 1.807) is 21.9 Å². The van der Waals surface area contributed by atoms with Gasteiger partial charge in [-0.2, -0.15) is 5.26 Å². The Morgan fingerprint density at radius 3 is 2.51 bits per heavy atom. The van der Waals surface area contributed by atoms with Crippen LogP contribution in [-0.4, -0.2) is 65.5 Å². The molecule has 222 valence electrons. The lowest BCUT2D eigenvalue weighted by atomic mass is 10.0. The molecule has 3 aromatic rings. The number of benzene rings is 2. The van der Waals surface area contributed by atoms with Crippen LogP contribution in [0.5, 0.6) is 0 Å². The molecule has 43 heavy (non-hydrogen) atoms. The number of rotatable bonds is 9. The minimum atomic E-state index is -0.788. The minimum Gasteiger partial charge on any atom is -0.461 e. The van der Waals surface area contributed by atoms with Gasteiger partial charge in [0.15, 0.2) is 0 Å². The number of carbonyl (C=O) groups excluding carboxylic acids is 4. The highest BCUT2D eigenvalue weighted by Crippen LogP contribution is 2.25. The van der Waals surface area contributed by atoms with Crippen LogP contribution < -0.4 is 16.4 Å². The first-order valence-electron chi connectivity index (χ1n) is 14.4. The second kappa shape index (κ2) is 12.8. The first-order chi connectivity index (χ1) is 20.7. The summed E-state index contributed by atoms with van der Waals surface area (Å²) in [5.41, 5.74) is 6.60. The van der Waals surface area contributed by atoms with Crippen LogP contribution in [0.1, 0.15) is 58.6 Å². The Bertz CT molecular complexity index is 1650. The van der Waals surface area contributed by atoms with E-state index in [4.69, 9.17) is 10.2 Å². The number of Topliss-reactive ketones (excluding diaryl/α,β-unsaturated/α-hetero) is 1. The van der Waals surface area contributed by atoms with Crippen LogP contribution in [0.3, 0.4) is 0 Å². The Morgan fingerprint density at radius 1 is 1.02 bits per heavy atom. The van der Waals surface area contributed by atoms with Crippen molar-refractivity contribution in [3.63, 3.8) is 0 Å². The highest BCUT2D eigenvalue weighted by molar-refractivity contribution is 6.13. The summed E-state index contributed by atoms with van der Waals surface area (Å²) in [4.78, 5) is 55.4. The van der Waals surface area contributed by atoms with Gasteiger partial charge in [0.25, 0.3) is 0 Å². The molecule has 2 aromatic carbocycles. The number of likely N-dealkylation sites (tertiary alicyclic amines) is 2. The number of aryl methyl sites for hydroxylation is 1. The molecule has 4 N–H and O–H groups in total. The average molecular weight is 583 g/mol. The summed E-state index contributed by atoms with van der Waals surface area (Å²) in [6.45, 7) is 3.67. The van der Waals surface area contributed by atoms with Gasteiger partial charge in [0.1, 0.15) is 34.8 Å².